The minimum absolute atomic E-state index is 0.241. The minimum Gasteiger partial charge on any atom is -0.457 e. The van der Waals surface area contributed by atoms with E-state index in [1.165, 1.54) is 0 Å². The number of hydroxylamine groups is 1. The van der Waals surface area contributed by atoms with Crippen LogP contribution in [0.25, 0.3) is 0 Å². The number of hydrogen-bond donors (Lipinski definition) is 3. The highest BCUT2D eigenvalue weighted by Crippen LogP contribution is 2.26. The van der Waals surface area contributed by atoms with Crippen LogP contribution in [0.5, 0.6) is 11.5 Å². The van der Waals surface area contributed by atoms with E-state index in [1.54, 1.807) is 29.7 Å². The van der Waals surface area contributed by atoms with Gasteiger partial charge >= 0.3 is 0 Å². The highest BCUT2D eigenvalue weighted by Gasteiger charge is 2.34. The Balaban J connectivity index is 1.62. The molecule has 3 rings (SSSR count). The van der Waals surface area contributed by atoms with Gasteiger partial charge in [0.05, 0.1) is 5.92 Å². The fraction of sp³-hybridized carbons (Fsp3) is 0.300. The number of nitrogens with one attached hydrogen (secondary N) is 2. The van der Waals surface area contributed by atoms with E-state index in [9.17, 15) is 9.59 Å². The van der Waals surface area contributed by atoms with E-state index in [0.717, 1.165) is 24.2 Å². The van der Waals surface area contributed by atoms with Crippen LogP contribution < -0.4 is 15.5 Å². The second kappa shape index (κ2) is 8.01. The predicted octanol–water partition coefficient (Wildman–Crippen LogP) is 3.19. The van der Waals surface area contributed by atoms with E-state index in [4.69, 9.17) is 9.94 Å². The fourth-order valence-corrected chi connectivity index (χ4v) is 3.27. The number of amides is 2. The first-order chi connectivity index (χ1) is 12.6. The van der Waals surface area contributed by atoms with Crippen LogP contribution in [0.1, 0.15) is 35.2 Å². The zero-order valence-corrected chi connectivity index (χ0v) is 14.6. The molecule has 0 unspecified atom stereocenters. The largest absolute Gasteiger partial charge is 0.457 e. The Hall–Kier alpha value is -2.86. The molecule has 0 aromatic heterocycles. The molecule has 2 aromatic carbocycles. The molecule has 26 heavy (non-hydrogen) atoms. The lowest BCUT2D eigenvalue weighted by atomic mass is 10.0. The van der Waals surface area contributed by atoms with E-state index in [0.29, 0.717) is 17.7 Å². The van der Waals surface area contributed by atoms with Crippen molar-refractivity contribution in [3.05, 3.63) is 59.7 Å². The van der Waals surface area contributed by atoms with Gasteiger partial charge in [0, 0.05) is 11.6 Å². The Morgan fingerprint density at radius 1 is 1.08 bits per heavy atom. The van der Waals surface area contributed by atoms with Crippen LogP contribution in [-0.2, 0) is 4.79 Å². The van der Waals surface area contributed by atoms with Crippen molar-refractivity contribution < 1.29 is 19.5 Å². The molecule has 136 valence electrons. The molecule has 0 heterocycles. The summed E-state index contributed by atoms with van der Waals surface area (Å²) in [6, 6.07) is 14.3. The monoisotopic (exact) mass is 354 g/mol. The van der Waals surface area contributed by atoms with Crippen molar-refractivity contribution in [2.24, 2.45) is 5.92 Å². The molecule has 0 radical (unpaired) electrons. The normalized spacial score (nSPS) is 19.0. The zero-order valence-electron chi connectivity index (χ0n) is 14.6. The van der Waals surface area contributed by atoms with Gasteiger partial charge in [-0.15, -0.1) is 0 Å². The van der Waals surface area contributed by atoms with Crippen LogP contribution in [-0.4, -0.2) is 23.1 Å². The molecule has 0 saturated heterocycles. The maximum atomic E-state index is 12.4. The standard InChI is InChI=1S/C20H22N2O4/c1-13-4-2-5-16(12-13)26-15-10-8-14(9-11-15)19(23)21-18-7-3-6-17(18)20(24)22-25/h2,4-5,8-12,17-18,25H,3,6-7H2,1H3,(H,21,23)(H,22,24)/t17-,18+/m0/s1. The first-order valence-corrected chi connectivity index (χ1v) is 8.66. The second-order valence-electron chi connectivity index (χ2n) is 6.54. The Bertz CT molecular complexity index is 789. The van der Waals surface area contributed by atoms with Crippen molar-refractivity contribution in [2.45, 2.75) is 32.2 Å². The molecule has 2 amide bonds. The average Bonchev–Trinajstić information content (AvgIpc) is 3.10. The van der Waals surface area contributed by atoms with E-state index in [1.807, 2.05) is 31.2 Å². The molecule has 0 aliphatic heterocycles. The highest BCUT2D eigenvalue weighted by atomic mass is 16.5. The van der Waals surface area contributed by atoms with Crippen molar-refractivity contribution in [3.63, 3.8) is 0 Å². The topological polar surface area (TPSA) is 87.7 Å². The van der Waals surface area contributed by atoms with Gasteiger partial charge < -0.3 is 10.1 Å². The molecule has 1 saturated carbocycles. The van der Waals surface area contributed by atoms with Crippen LogP contribution in [0.2, 0.25) is 0 Å². The van der Waals surface area contributed by atoms with E-state index in [2.05, 4.69) is 5.32 Å². The molecular formula is C20H22N2O4. The smallest absolute Gasteiger partial charge is 0.251 e. The van der Waals surface area contributed by atoms with Crippen LogP contribution in [0.15, 0.2) is 48.5 Å². The summed E-state index contributed by atoms with van der Waals surface area (Å²) in [5.41, 5.74) is 3.28. The lowest BCUT2D eigenvalue weighted by Gasteiger charge is -2.19. The third kappa shape index (κ3) is 4.21. The summed E-state index contributed by atoms with van der Waals surface area (Å²) in [6.07, 6.45) is 2.21. The first kappa shape index (κ1) is 17.9. The summed E-state index contributed by atoms with van der Waals surface area (Å²) in [6.45, 7) is 1.99. The van der Waals surface area contributed by atoms with Crippen molar-refractivity contribution in [2.75, 3.05) is 0 Å². The summed E-state index contributed by atoms with van der Waals surface area (Å²) in [4.78, 5) is 24.1. The van der Waals surface area contributed by atoms with E-state index < -0.39 is 11.8 Å². The summed E-state index contributed by atoms with van der Waals surface area (Å²) >= 11 is 0. The summed E-state index contributed by atoms with van der Waals surface area (Å²) in [5.74, 6) is 0.300. The van der Waals surface area contributed by atoms with Gasteiger partial charge in [0.25, 0.3) is 5.91 Å². The van der Waals surface area contributed by atoms with Gasteiger partial charge in [-0.2, -0.15) is 0 Å². The van der Waals surface area contributed by atoms with Gasteiger partial charge in [0.15, 0.2) is 0 Å². The van der Waals surface area contributed by atoms with Gasteiger partial charge in [-0.3, -0.25) is 14.8 Å². The molecular weight excluding hydrogens is 332 g/mol. The van der Waals surface area contributed by atoms with Gasteiger partial charge in [-0.1, -0.05) is 18.6 Å². The molecule has 6 nitrogen and oxygen atoms in total. The lowest BCUT2D eigenvalue weighted by Crippen LogP contribution is -2.43. The number of ether oxygens (including phenoxy) is 1. The van der Waals surface area contributed by atoms with E-state index >= 15 is 0 Å². The summed E-state index contributed by atoms with van der Waals surface area (Å²) in [7, 11) is 0. The zero-order chi connectivity index (χ0) is 18.5. The average molecular weight is 354 g/mol. The van der Waals surface area contributed by atoms with Crippen LogP contribution in [0, 0.1) is 12.8 Å². The number of aryl methyl sites for hydroxylation is 1. The highest BCUT2D eigenvalue weighted by molar-refractivity contribution is 5.95. The van der Waals surface area contributed by atoms with Gasteiger partial charge in [0.1, 0.15) is 11.5 Å². The Morgan fingerprint density at radius 3 is 2.54 bits per heavy atom. The maximum absolute atomic E-state index is 12.4. The third-order valence-corrected chi connectivity index (χ3v) is 4.62. The van der Waals surface area contributed by atoms with Crippen LogP contribution >= 0.6 is 0 Å². The number of carbonyl (C=O) groups excluding carboxylic acids is 2. The van der Waals surface area contributed by atoms with Gasteiger partial charge in [-0.25, -0.2) is 5.48 Å². The lowest BCUT2D eigenvalue weighted by molar-refractivity contribution is -0.133. The van der Waals surface area contributed by atoms with Crippen molar-refractivity contribution in [1.82, 2.24) is 10.8 Å². The first-order valence-electron chi connectivity index (χ1n) is 8.66. The Morgan fingerprint density at radius 2 is 1.85 bits per heavy atom. The van der Waals surface area contributed by atoms with Crippen molar-refractivity contribution in [1.29, 1.82) is 0 Å². The van der Waals surface area contributed by atoms with Crippen LogP contribution in [0.3, 0.4) is 0 Å². The summed E-state index contributed by atoms with van der Waals surface area (Å²) in [5, 5.41) is 11.7. The van der Waals surface area contributed by atoms with Crippen LogP contribution in [0.4, 0.5) is 0 Å². The fourth-order valence-electron chi connectivity index (χ4n) is 3.27. The van der Waals surface area contributed by atoms with E-state index in [-0.39, 0.29) is 11.9 Å². The number of rotatable bonds is 5. The van der Waals surface area contributed by atoms with Gasteiger partial charge in [0.2, 0.25) is 5.91 Å². The Kier molecular flexibility index (Phi) is 5.53. The number of carbonyl (C=O) groups is 2. The molecule has 1 fully saturated rings. The third-order valence-electron chi connectivity index (χ3n) is 4.62. The molecule has 2 atom stereocenters. The maximum Gasteiger partial charge on any atom is 0.251 e. The molecule has 1 aliphatic carbocycles. The molecule has 3 N–H and O–H groups in total. The molecule has 6 heteroatoms. The quantitative estimate of drug-likeness (QED) is 0.568. The van der Waals surface area contributed by atoms with Crippen molar-refractivity contribution in [3.8, 4) is 11.5 Å². The molecule has 0 spiro atoms. The number of hydrogen-bond acceptors (Lipinski definition) is 4. The van der Waals surface area contributed by atoms with Gasteiger partial charge in [-0.05, 0) is 61.7 Å². The molecule has 2 aromatic rings. The second-order valence-corrected chi connectivity index (χ2v) is 6.54. The SMILES string of the molecule is Cc1cccc(Oc2ccc(C(=O)N[C@@H]3CCC[C@@H]3C(=O)NO)cc2)c1. The molecule has 0 bridgehead atoms. The molecule has 1 aliphatic rings. The minimum atomic E-state index is -0.449. The predicted molar refractivity (Wildman–Crippen MR) is 96.2 cm³/mol. The number of benzene rings is 2. The summed E-state index contributed by atoms with van der Waals surface area (Å²) < 4.78 is 5.78. The Labute approximate surface area is 152 Å². The van der Waals surface area contributed by atoms with Crippen molar-refractivity contribution >= 4 is 11.8 Å².